The third kappa shape index (κ3) is 2.99. The van der Waals surface area contributed by atoms with Gasteiger partial charge in [-0.2, -0.15) is 0 Å². The van der Waals surface area contributed by atoms with E-state index in [-0.39, 0.29) is 0 Å². The van der Waals surface area contributed by atoms with Crippen LogP contribution in [0, 0.1) is 0 Å². The van der Waals surface area contributed by atoms with E-state index in [0.29, 0.717) is 11.3 Å². The predicted molar refractivity (Wildman–Crippen MR) is 53.9 cm³/mol. The molecule has 0 radical (unpaired) electrons. The molecule has 0 spiro atoms. The summed E-state index contributed by atoms with van der Waals surface area (Å²) in [6, 6.07) is 0.411. The molecule has 0 aliphatic carbocycles. The van der Waals surface area contributed by atoms with Crippen LogP contribution in [-0.4, -0.2) is 14.8 Å². The molecule has 0 amide bonds. The first-order valence-corrected chi connectivity index (χ1v) is 5.18. The second-order valence-electron chi connectivity index (χ2n) is 3.35. The van der Waals surface area contributed by atoms with Crippen LogP contribution in [-0.2, 0) is 0 Å². The Kier molecular flexibility index (Phi) is 4.22. The summed E-state index contributed by atoms with van der Waals surface area (Å²) in [5.74, 6) is 0. The molecule has 13 heavy (non-hydrogen) atoms. The summed E-state index contributed by atoms with van der Waals surface area (Å²) < 4.78 is 1.91. The average molecular weight is 202 g/mol. The standard InChI is InChI=1S/C9H16ClN3/c1-3-4-5-6-8(2)13-7-11-12-9(13)10/h7-8H,3-6H2,1-2H3. The van der Waals surface area contributed by atoms with Gasteiger partial charge < -0.3 is 4.57 Å². The van der Waals surface area contributed by atoms with E-state index in [1.165, 1.54) is 19.3 Å². The Balaban J connectivity index is 2.39. The number of rotatable bonds is 5. The Morgan fingerprint density at radius 3 is 2.85 bits per heavy atom. The van der Waals surface area contributed by atoms with Gasteiger partial charge in [-0.25, -0.2) is 0 Å². The van der Waals surface area contributed by atoms with Crippen LogP contribution in [0.25, 0.3) is 0 Å². The lowest BCUT2D eigenvalue weighted by Gasteiger charge is -2.12. The molecule has 0 aliphatic rings. The summed E-state index contributed by atoms with van der Waals surface area (Å²) in [7, 11) is 0. The first-order chi connectivity index (χ1) is 6.25. The minimum Gasteiger partial charge on any atom is -0.302 e. The Bertz CT molecular complexity index is 247. The zero-order chi connectivity index (χ0) is 9.68. The van der Waals surface area contributed by atoms with Gasteiger partial charge in [0.2, 0.25) is 5.28 Å². The molecule has 0 bridgehead atoms. The largest absolute Gasteiger partial charge is 0.302 e. The second kappa shape index (κ2) is 5.22. The number of unbranched alkanes of at least 4 members (excludes halogenated alkanes) is 2. The Morgan fingerprint density at radius 2 is 2.31 bits per heavy atom. The summed E-state index contributed by atoms with van der Waals surface area (Å²) in [6.07, 6.45) is 6.61. The van der Waals surface area contributed by atoms with Gasteiger partial charge in [0.25, 0.3) is 0 Å². The van der Waals surface area contributed by atoms with Crippen molar-refractivity contribution in [1.82, 2.24) is 14.8 Å². The minimum absolute atomic E-state index is 0.411. The van der Waals surface area contributed by atoms with E-state index in [1.54, 1.807) is 6.33 Å². The van der Waals surface area contributed by atoms with Gasteiger partial charge in [0.1, 0.15) is 6.33 Å². The maximum atomic E-state index is 5.84. The minimum atomic E-state index is 0.411. The molecule has 0 saturated heterocycles. The van der Waals surface area contributed by atoms with E-state index < -0.39 is 0 Å². The average Bonchev–Trinajstić information content (AvgIpc) is 2.52. The van der Waals surface area contributed by atoms with Crippen LogP contribution in [0.5, 0.6) is 0 Å². The third-order valence-electron chi connectivity index (χ3n) is 2.23. The first kappa shape index (κ1) is 10.5. The second-order valence-corrected chi connectivity index (χ2v) is 3.69. The maximum Gasteiger partial charge on any atom is 0.225 e. The summed E-state index contributed by atoms with van der Waals surface area (Å²) in [6.45, 7) is 4.35. The molecule has 3 nitrogen and oxygen atoms in total. The van der Waals surface area contributed by atoms with E-state index in [1.807, 2.05) is 4.57 Å². The van der Waals surface area contributed by atoms with Crippen LogP contribution < -0.4 is 0 Å². The lowest BCUT2D eigenvalue weighted by atomic mass is 10.1. The topological polar surface area (TPSA) is 30.7 Å². The summed E-state index contributed by atoms with van der Waals surface area (Å²) in [5, 5.41) is 7.99. The van der Waals surface area contributed by atoms with Crippen molar-refractivity contribution in [2.45, 2.75) is 45.6 Å². The summed E-state index contributed by atoms with van der Waals surface area (Å²) in [5.41, 5.74) is 0. The number of aromatic nitrogens is 3. The first-order valence-electron chi connectivity index (χ1n) is 4.80. The molecule has 1 rings (SSSR count). The van der Waals surface area contributed by atoms with Crippen molar-refractivity contribution in [3.05, 3.63) is 11.6 Å². The molecule has 0 aromatic carbocycles. The van der Waals surface area contributed by atoms with Crippen LogP contribution in [0.1, 0.15) is 45.6 Å². The van der Waals surface area contributed by atoms with Crippen molar-refractivity contribution >= 4 is 11.6 Å². The van der Waals surface area contributed by atoms with Crippen LogP contribution in [0.15, 0.2) is 6.33 Å². The number of hydrogen-bond acceptors (Lipinski definition) is 2. The molecule has 0 fully saturated rings. The van der Waals surface area contributed by atoms with Gasteiger partial charge in [-0.15, -0.1) is 10.2 Å². The SMILES string of the molecule is CCCCCC(C)n1cnnc1Cl. The van der Waals surface area contributed by atoms with Crippen molar-refractivity contribution < 1.29 is 0 Å². The quantitative estimate of drug-likeness (QED) is 0.686. The van der Waals surface area contributed by atoms with Gasteiger partial charge in [0, 0.05) is 6.04 Å². The highest BCUT2D eigenvalue weighted by Gasteiger charge is 2.07. The lowest BCUT2D eigenvalue weighted by molar-refractivity contribution is 0.476. The molecule has 0 aliphatic heterocycles. The molecule has 1 atom stereocenters. The van der Waals surface area contributed by atoms with Crippen molar-refractivity contribution in [2.75, 3.05) is 0 Å². The number of hydrogen-bond donors (Lipinski definition) is 0. The van der Waals surface area contributed by atoms with Gasteiger partial charge in [-0.1, -0.05) is 26.2 Å². The molecule has 1 heterocycles. The molecular formula is C9H16ClN3. The van der Waals surface area contributed by atoms with E-state index in [4.69, 9.17) is 11.6 Å². The van der Waals surface area contributed by atoms with E-state index in [9.17, 15) is 0 Å². The van der Waals surface area contributed by atoms with Gasteiger partial charge in [0.15, 0.2) is 0 Å². The summed E-state index contributed by atoms with van der Waals surface area (Å²) in [4.78, 5) is 0. The fourth-order valence-electron chi connectivity index (χ4n) is 1.35. The normalized spacial score (nSPS) is 13.2. The van der Waals surface area contributed by atoms with Crippen LogP contribution in [0.3, 0.4) is 0 Å². The molecule has 0 saturated carbocycles. The summed E-state index contributed by atoms with van der Waals surface area (Å²) >= 11 is 5.84. The number of halogens is 1. The van der Waals surface area contributed by atoms with E-state index >= 15 is 0 Å². The number of nitrogens with zero attached hydrogens (tertiary/aromatic N) is 3. The Morgan fingerprint density at radius 1 is 1.54 bits per heavy atom. The van der Waals surface area contributed by atoms with Gasteiger partial charge in [-0.3, -0.25) is 0 Å². The lowest BCUT2D eigenvalue weighted by Crippen LogP contribution is -2.03. The molecule has 1 aromatic heterocycles. The smallest absolute Gasteiger partial charge is 0.225 e. The monoisotopic (exact) mass is 201 g/mol. The zero-order valence-corrected chi connectivity index (χ0v) is 8.96. The highest BCUT2D eigenvalue weighted by atomic mass is 35.5. The zero-order valence-electron chi connectivity index (χ0n) is 8.20. The molecular weight excluding hydrogens is 186 g/mol. The van der Waals surface area contributed by atoms with Crippen molar-refractivity contribution in [2.24, 2.45) is 0 Å². The maximum absolute atomic E-state index is 5.84. The molecule has 1 aromatic rings. The molecule has 0 N–H and O–H groups in total. The highest BCUT2D eigenvalue weighted by Crippen LogP contribution is 2.18. The third-order valence-corrected chi connectivity index (χ3v) is 2.50. The fourth-order valence-corrected chi connectivity index (χ4v) is 1.61. The predicted octanol–water partition coefficient (Wildman–Crippen LogP) is 3.07. The van der Waals surface area contributed by atoms with Crippen LogP contribution >= 0.6 is 11.6 Å². The van der Waals surface area contributed by atoms with Crippen molar-refractivity contribution in [3.8, 4) is 0 Å². The van der Waals surface area contributed by atoms with Crippen LogP contribution in [0.4, 0.5) is 0 Å². The Labute approximate surface area is 84.1 Å². The molecule has 1 unspecified atom stereocenters. The van der Waals surface area contributed by atoms with E-state index in [0.717, 1.165) is 6.42 Å². The molecule has 4 heteroatoms. The van der Waals surface area contributed by atoms with Gasteiger partial charge >= 0.3 is 0 Å². The van der Waals surface area contributed by atoms with Crippen molar-refractivity contribution in [1.29, 1.82) is 0 Å². The van der Waals surface area contributed by atoms with Crippen LogP contribution in [0.2, 0.25) is 5.28 Å². The van der Waals surface area contributed by atoms with E-state index in [2.05, 4.69) is 24.0 Å². The van der Waals surface area contributed by atoms with Crippen molar-refractivity contribution in [3.63, 3.8) is 0 Å². The van der Waals surface area contributed by atoms with Gasteiger partial charge in [-0.05, 0) is 24.9 Å². The molecule has 74 valence electrons. The highest BCUT2D eigenvalue weighted by molar-refractivity contribution is 6.28. The van der Waals surface area contributed by atoms with Gasteiger partial charge in [0.05, 0.1) is 0 Å². The fraction of sp³-hybridized carbons (Fsp3) is 0.778. The Hall–Kier alpha value is -0.570.